The lowest BCUT2D eigenvalue weighted by molar-refractivity contribution is 0.187. The second kappa shape index (κ2) is 5.45. The van der Waals surface area contributed by atoms with Crippen LogP contribution in [0.25, 0.3) is 0 Å². The van der Waals surface area contributed by atoms with Crippen LogP contribution in [0.15, 0.2) is 18.2 Å². The summed E-state index contributed by atoms with van der Waals surface area (Å²) >= 11 is 5.90. The van der Waals surface area contributed by atoms with E-state index in [1.807, 2.05) is 6.92 Å². The Balaban J connectivity index is 2.69. The first-order valence-corrected chi connectivity index (χ1v) is 5.25. The maximum absolute atomic E-state index is 12.8. The summed E-state index contributed by atoms with van der Waals surface area (Å²) in [7, 11) is 0. The molecule has 1 rings (SSSR count). The topological polar surface area (TPSA) is 32.3 Å². The van der Waals surface area contributed by atoms with Crippen molar-refractivity contribution in [2.24, 2.45) is 0 Å². The number of hydrogen-bond acceptors (Lipinski definition) is 2. The monoisotopic (exact) mass is 231 g/mol. The molecule has 0 aliphatic carbocycles. The summed E-state index contributed by atoms with van der Waals surface area (Å²) < 4.78 is 12.8. The second-order valence-corrected chi connectivity index (χ2v) is 4.05. The number of hydrogen-bond donors (Lipinski definition) is 2. The van der Waals surface area contributed by atoms with Crippen molar-refractivity contribution in [1.29, 1.82) is 0 Å². The van der Waals surface area contributed by atoms with Gasteiger partial charge in [-0.05, 0) is 31.5 Å². The molecule has 4 heteroatoms. The zero-order valence-corrected chi connectivity index (χ0v) is 9.55. The molecule has 0 aromatic heterocycles. The second-order valence-electron chi connectivity index (χ2n) is 3.64. The van der Waals surface area contributed by atoms with Gasteiger partial charge in [0.1, 0.15) is 5.82 Å². The molecule has 0 aliphatic heterocycles. The summed E-state index contributed by atoms with van der Waals surface area (Å²) in [5.74, 6) is -0.341. The average molecular weight is 232 g/mol. The van der Waals surface area contributed by atoms with Crippen LogP contribution in [-0.2, 0) is 0 Å². The van der Waals surface area contributed by atoms with Gasteiger partial charge >= 0.3 is 0 Å². The Hall–Kier alpha value is -0.640. The van der Waals surface area contributed by atoms with Gasteiger partial charge < -0.3 is 10.4 Å². The normalized spacial score (nSPS) is 15.0. The summed E-state index contributed by atoms with van der Waals surface area (Å²) in [5, 5.41) is 12.6. The van der Waals surface area contributed by atoms with Gasteiger partial charge in [0.15, 0.2) is 0 Å². The van der Waals surface area contributed by atoms with E-state index in [1.165, 1.54) is 12.1 Å². The van der Waals surface area contributed by atoms with Crippen LogP contribution in [0.2, 0.25) is 5.02 Å². The third kappa shape index (κ3) is 3.78. The minimum atomic E-state index is -0.410. The van der Waals surface area contributed by atoms with E-state index in [2.05, 4.69) is 5.32 Å². The van der Waals surface area contributed by atoms with Crippen molar-refractivity contribution in [3.63, 3.8) is 0 Å². The van der Waals surface area contributed by atoms with Gasteiger partial charge in [-0.2, -0.15) is 0 Å². The smallest absolute Gasteiger partial charge is 0.124 e. The largest absolute Gasteiger partial charge is 0.392 e. The van der Waals surface area contributed by atoms with Gasteiger partial charge in [-0.1, -0.05) is 17.7 Å². The highest BCUT2D eigenvalue weighted by atomic mass is 35.5. The summed E-state index contributed by atoms with van der Waals surface area (Å²) in [6, 6.07) is 4.31. The Kier molecular flexibility index (Phi) is 4.51. The van der Waals surface area contributed by atoms with Gasteiger partial charge in [0, 0.05) is 17.6 Å². The van der Waals surface area contributed by atoms with E-state index in [4.69, 9.17) is 16.7 Å². The quantitative estimate of drug-likeness (QED) is 0.835. The van der Waals surface area contributed by atoms with E-state index in [1.54, 1.807) is 13.0 Å². The molecular weight excluding hydrogens is 217 g/mol. The maximum Gasteiger partial charge on any atom is 0.124 e. The standard InChI is InChI=1S/C11H15ClFNO/c1-7(15)6-14-8(2)10-4-3-9(13)5-11(10)12/h3-5,7-8,14-15H,6H2,1-2H3/t7-,8?/m1/s1. The first kappa shape index (κ1) is 12.4. The number of aliphatic hydroxyl groups excluding tert-OH is 1. The minimum absolute atomic E-state index is 0.00676. The lowest BCUT2D eigenvalue weighted by atomic mass is 10.1. The van der Waals surface area contributed by atoms with Crippen LogP contribution < -0.4 is 5.32 Å². The van der Waals surface area contributed by atoms with Crippen molar-refractivity contribution >= 4 is 11.6 Å². The van der Waals surface area contributed by atoms with Gasteiger partial charge in [-0.3, -0.25) is 0 Å². The molecule has 0 saturated carbocycles. The van der Waals surface area contributed by atoms with E-state index in [0.717, 1.165) is 5.56 Å². The van der Waals surface area contributed by atoms with E-state index in [0.29, 0.717) is 11.6 Å². The van der Waals surface area contributed by atoms with E-state index in [9.17, 15) is 4.39 Å². The van der Waals surface area contributed by atoms with Crippen molar-refractivity contribution < 1.29 is 9.50 Å². The maximum atomic E-state index is 12.8. The molecule has 84 valence electrons. The average Bonchev–Trinajstić information content (AvgIpc) is 2.14. The van der Waals surface area contributed by atoms with Gasteiger partial charge in [-0.25, -0.2) is 4.39 Å². The fourth-order valence-electron chi connectivity index (χ4n) is 1.31. The summed E-state index contributed by atoms with van der Waals surface area (Å²) in [6.45, 7) is 4.10. The van der Waals surface area contributed by atoms with Crippen LogP contribution in [0.4, 0.5) is 4.39 Å². The highest BCUT2D eigenvalue weighted by Crippen LogP contribution is 2.23. The minimum Gasteiger partial charge on any atom is -0.392 e. The Morgan fingerprint density at radius 1 is 1.47 bits per heavy atom. The molecule has 2 N–H and O–H groups in total. The molecule has 1 aromatic rings. The number of rotatable bonds is 4. The first-order chi connectivity index (χ1) is 7.00. The fourth-order valence-corrected chi connectivity index (χ4v) is 1.64. The molecule has 0 aliphatic rings. The lowest BCUT2D eigenvalue weighted by Gasteiger charge is -2.16. The molecule has 1 unspecified atom stereocenters. The highest BCUT2D eigenvalue weighted by molar-refractivity contribution is 6.31. The van der Waals surface area contributed by atoms with Crippen molar-refractivity contribution in [3.8, 4) is 0 Å². The van der Waals surface area contributed by atoms with Gasteiger partial charge in [0.05, 0.1) is 6.10 Å². The van der Waals surface area contributed by atoms with Crippen LogP contribution in [0.1, 0.15) is 25.5 Å². The van der Waals surface area contributed by atoms with Crippen LogP contribution in [0.5, 0.6) is 0 Å². The fraction of sp³-hybridized carbons (Fsp3) is 0.455. The molecule has 15 heavy (non-hydrogen) atoms. The van der Waals surface area contributed by atoms with Crippen LogP contribution in [0, 0.1) is 5.82 Å². The molecule has 0 amide bonds. The molecule has 2 atom stereocenters. The predicted octanol–water partition coefficient (Wildman–Crippen LogP) is 2.51. The third-order valence-electron chi connectivity index (χ3n) is 2.15. The summed E-state index contributed by atoms with van der Waals surface area (Å²) in [4.78, 5) is 0. The van der Waals surface area contributed by atoms with E-state index in [-0.39, 0.29) is 11.9 Å². The van der Waals surface area contributed by atoms with E-state index < -0.39 is 6.10 Å². The Labute approximate surface area is 94.1 Å². The zero-order valence-electron chi connectivity index (χ0n) is 8.80. The lowest BCUT2D eigenvalue weighted by Crippen LogP contribution is -2.27. The summed E-state index contributed by atoms with van der Waals surface area (Å²) in [6.07, 6.45) is -0.410. The Bertz CT molecular complexity index is 330. The Morgan fingerprint density at radius 3 is 2.67 bits per heavy atom. The SMILES string of the molecule is CC(NC[C@@H](C)O)c1ccc(F)cc1Cl. The predicted molar refractivity (Wildman–Crippen MR) is 59.5 cm³/mol. The zero-order chi connectivity index (χ0) is 11.4. The van der Waals surface area contributed by atoms with Crippen LogP contribution >= 0.6 is 11.6 Å². The van der Waals surface area contributed by atoms with Gasteiger partial charge in [0.2, 0.25) is 0 Å². The van der Waals surface area contributed by atoms with Crippen molar-refractivity contribution in [1.82, 2.24) is 5.32 Å². The number of aliphatic hydroxyl groups is 1. The number of benzene rings is 1. The molecular formula is C11H15ClFNO. The molecule has 1 aromatic carbocycles. The van der Waals surface area contributed by atoms with Gasteiger partial charge in [0.25, 0.3) is 0 Å². The molecule has 0 heterocycles. The van der Waals surface area contributed by atoms with Crippen LogP contribution in [-0.4, -0.2) is 17.8 Å². The molecule has 0 saturated heterocycles. The molecule has 2 nitrogen and oxygen atoms in total. The van der Waals surface area contributed by atoms with Crippen molar-refractivity contribution in [3.05, 3.63) is 34.6 Å². The first-order valence-electron chi connectivity index (χ1n) is 4.87. The number of nitrogens with one attached hydrogen (secondary N) is 1. The third-order valence-corrected chi connectivity index (χ3v) is 2.48. The number of halogens is 2. The van der Waals surface area contributed by atoms with Crippen molar-refractivity contribution in [2.75, 3.05) is 6.54 Å². The van der Waals surface area contributed by atoms with Crippen LogP contribution in [0.3, 0.4) is 0 Å². The Morgan fingerprint density at radius 2 is 2.13 bits per heavy atom. The van der Waals surface area contributed by atoms with Crippen molar-refractivity contribution in [2.45, 2.75) is 26.0 Å². The summed E-state index contributed by atoms with van der Waals surface area (Å²) in [5.41, 5.74) is 0.832. The van der Waals surface area contributed by atoms with E-state index >= 15 is 0 Å². The molecule has 0 fully saturated rings. The highest BCUT2D eigenvalue weighted by Gasteiger charge is 2.10. The van der Waals surface area contributed by atoms with Gasteiger partial charge in [-0.15, -0.1) is 0 Å². The molecule has 0 bridgehead atoms. The molecule has 0 radical (unpaired) electrons. The molecule has 0 spiro atoms.